The van der Waals surface area contributed by atoms with Gasteiger partial charge in [0.15, 0.2) is 0 Å². The summed E-state index contributed by atoms with van der Waals surface area (Å²) in [6.45, 7) is 2.56. The SMILES string of the molecule is CCCOC(=O)CCN1C(=O)/C(=C/c2cccc(Cl)c2)SC1=S. The molecule has 1 fully saturated rings. The Labute approximate surface area is 149 Å². The molecule has 0 radical (unpaired) electrons. The third-order valence-electron chi connectivity index (χ3n) is 3.03. The Bertz CT molecular complexity index is 660. The zero-order valence-electron chi connectivity index (χ0n) is 12.6. The van der Waals surface area contributed by atoms with Gasteiger partial charge in [0.25, 0.3) is 5.91 Å². The minimum absolute atomic E-state index is 0.136. The maximum atomic E-state index is 12.4. The molecule has 23 heavy (non-hydrogen) atoms. The smallest absolute Gasteiger partial charge is 0.307 e. The van der Waals surface area contributed by atoms with E-state index in [2.05, 4.69) is 0 Å². The number of carbonyl (C=O) groups is 2. The molecular formula is C16H16ClNO3S2. The quantitative estimate of drug-likeness (QED) is 0.432. The van der Waals surface area contributed by atoms with Crippen LogP contribution in [0.1, 0.15) is 25.3 Å². The molecule has 0 atom stereocenters. The average Bonchev–Trinajstić information content (AvgIpc) is 2.77. The lowest BCUT2D eigenvalue weighted by molar-refractivity contribution is -0.143. The highest BCUT2D eigenvalue weighted by Gasteiger charge is 2.32. The number of halogens is 1. The van der Waals surface area contributed by atoms with Crippen molar-refractivity contribution in [3.05, 3.63) is 39.8 Å². The van der Waals surface area contributed by atoms with Crippen LogP contribution in [-0.2, 0) is 14.3 Å². The van der Waals surface area contributed by atoms with Gasteiger partial charge in [-0.25, -0.2) is 0 Å². The van der Waals surface area contributed by atoms with Crippen molar-refractivity contribution in [3.63, 3.8) is 0 Å². The summed E-state index contributed by atoms with van der Waals surface area (Å²) >= 11 is 12.4. The zero-order valence-corrected chi connectivity index (χ0v) is 15.0. The van der Waals surface area contributed by atoms with E-state index in [4.69, 9.17) is 28.6 Å². The van der Waals surface area contributed by atoms with Crippen molar-refractivity contribution < 1.29 is 14.3 Å². The van der Waals surface area contributed by atoms with Crippen molar-refractivity contribution in [2.24, 2.45) is 0 Å². The van der Waals surface area contributed by atoms with Gasteiger partial charge in [0.2, 0.25) is 0 Å². The fourth-order valence-corrected chi connectivity index (χ4v) is 3.44. The molecule has 0 saturated carbocycles. The number of amides is 1. The summed E-state index contributed by atoms with van der Waals surface area (Å²) in [6.07, 6.45) is 2.66. The van der Waals surface area contributed by atoms with Crippen molar-refractivity contribution in [2.45, 2.75) is 19.8 Å². The number of ether oxygens (including phenoxy) is 1. The molecule has 1 amide bonds. The highest BCUT2D eigenvalue weighted by atomic mass is 35.5. The summed E-state index contributed by atoms with van der Waals surface area (Å²) in [5, 5.41) is 0.605. The van der Waals surface area contributed by atoms with Crippen LogP contribution >= 0.6 is 35.6 Å². The fourth-order valence-electron chi connectivity index (χ4n) is 1.93. The lowest BCUT2D eigenvalue weighted by Gasteiger charge is -2.13. The number of carbonyl (C=O) groups excluding carboxylic acids is 2. The Morgan fingerprint density at radius 3 is 2.96 bits per heavy atom. The minimum atomic E-state index is -0.320. The normalized spacial score (nSPS) is 16.3. The van der Waals surface area contributed by atoms with Crippen LogP contribution in [0.5, 0.6) is 0 Å². The molecule has 1 aliphatic heterocycles. The highest BCUT2D eigenvalue weighted by molar-refractivity contribution is 8.26. The third-order valence-corrected chi connectivity index (χ3v) is 4.64. The summed E-state index contributed by atoms with van der Waals surface area (Å²) in [4.78, 5) is 25.9. The van der Waals surface area contributed by atoms with Gasteiger partial charge in [0, 0.05) is 11.6 Å². The van der Waals surface area contributed by atoms with Crippen LogP contribution in [0.2, 0.25) is 5.02 Å². The van der Waals surface area contributed by atoms with E-state index < -0.39 is 0 Å². The monoisotopic (exact) mass is 369 g/mol. The number of hydrogen-bond donors (Lipinski definition) is 0. The highest BCUT2D eigenvalue weighted by Crippen LogP contribution is 2.32. The molecule has 1 aliphatic rings. The number of rotatable bonds is 6. The van der Waals surface area contributed by atoms with Crippen molar-refractivity contribution in [1.82, 2.24) is 4.90 Å². The summed E-state index contributed by atoms with van der Waals surface area (Å²) in [5.41, 5.74) is 0.834. The van der Waals surface area contributed by atoms with Crippen molar-refractivity contribution in [2.75, 3.05) is 13.2 Å². The van der Waals surface area contributed by atoms with Crippen LogP contribution in [0.25, 0.3) is 6.08 Å². The zero-order chi connectivity index (χ0) is 16.8. The van der Waals surface area contributed by atoms with Crippen LogP contribution in [-0.4, -0.2) is 34.2 Å². The summed E-state index contributed by atoms with van der Waals surface area (Å²) in [7, 11) is 0. The maximum Gasteiger partial charge on any atom is 0.307 e. The first kappa shape index (κ1) is 18.0. The Balaban J connectivity index is 2.01. The van der Waals surface area contributed by atoms with Gasteiger partial charge in [-0.15, -0.1) is 0 Å². The second kappa shape index (κ2) is 8.47. The Morgan fingerprint density at radius 2 is 2.26 bits per heavy atom. The lowest BCUT2D eigenvalue weighted by atomic mass is 10.2. The van der Waals surface area contributed by atoms with E-state index in [-0.39, 0.29) is 24.8 Å². The largest absolute Gasteiger partial charge is 0.466 e. The molecular weight excluding hydrogens is 354 g/mol. The van der Waals surface area contributed by atoms with Crippen LogP contribution in [0, 0.1) is 0 Å². The molecule has 0 aliphatic carbocycles. The van der Waals surface area contributed by atoms with Gasteiger partial charge in [-0.05, 0) is 30.2 Å². The molecule has 1 heterocycles. The van der Waals surface area contributed by atoms with E-state index in [1.54, 1.807) is 18.2 Å². The van der Waals surface area contributed by atoms with Gasteiger partial charge in [-0.3, -0.25) is 14.5 Å². The topological polar surface area (TPSA) is 46.6 Å². The first-order valence-electron chi connectivity index (χ1n) is 7.18. The molecule has 1 saturated heterocycles. The van der Waals surface area contributed by atoms with Gasteiger partial charge in [-0.1, -0.05) is 54.6 Å². The van der Waals surface area contributed by atoms with Crippen molar-refractivity contribution in [1.29, 1.82) is 0 Å². The Hall–Kier alpha value is -1.37. The molecule has 1 aromatic rings. The van der Waals surface area contributed by atoms with E-state index in [1.807, 2.05) is 19.1 Å². The Morgan fingerprint density at radius 1 is 1.48 bits per heavy atom. The summed E-state index contributed by atoms with van der Waals surface area (Å²) in [6, 6.07) is 7.22. The fraction of sp³-hybridized carbons (Fsp3) is 0.312. The molecule has 122 valence electrons. The van der Waals surface area contributed by atoms with Crippen LogP contribution in [0.4, 0.5) is 0 Å². The molecule has 0 N–H and O–H groups in total. The number of nitrogens with zero attached hydrogens (tertiary/aromatic N) is 1. The number of esters is 1. The molecule has 0 unspecified atom stereocenters. The molecule has 0 bridgehead atoms. The number of hydrogen-bond acceptors (Lipinski definition) is 5. The van der Waals surface area contributed by atoms with Gasteiger partial charge < -0.3 is 4.74 Å². The van der Waals surface area contributed by atoms with Gasteiger partial charge in [0.05, 0.1) is 17.9 Å². The second-order valence-corrected chi connectivity index (χ2v) is 6.97. The molecule has 0 aromatic heterocycles. The van der Waals surface area contributed by atoms with E-state index in [1.165, 1.54) is 16.7 Å². The summed E-state index contributed by atoms with van der Waals surface area (Å²) < 4.78 is 5.45. The predicted molar refractivity (Wildman–Crippen MR) is 97.2 cm³/mol. The van der Waals surface area contributed by atoms with Crippen molar-refractivity contribution in [3.8, 4) is 0 Å². The molecule has 0 spiro atoms. The van der Waals surface area contributed by atoms with E-state index >= 15 is 0 Å². The number of thiocarbonyl (C=S) groups is 1. The average molecular weight is 370 g/mol. The van der Waals surface area contributed by atoms with Gasteiger partial charge >= 0.3 is 5.97 Å². The van der Waals surface area contributed by atoms with Gasteiger partial charge in [-0.2, -0.15) is 0 Å². The second-order valence-electron chi connectivity index (χ2n) is 4.86. The third kappa shape index (κ3) is 5.06. The number of benzene rings is 1. The van der Waals surface area contributed by atoms with Crippen LogP contribution in [0.15, 0.2) is 29.2 Å². The lowest BCUT2D eigenvalue weighted by Crippen LogP contribution is -2.30. The van der Waals surface area contributed by atoms with Crippen molar-refractivity contribution >= 4 is 57.9 Å². The molecule has 7 heteroatoms. The summed E-state index contributed by atoms with van der Waals surface area (Å²) in [5.74, 6) is -0.511. The van der Waals surface area contributed by atoms with Crippen LogP contribution in [0.3, 0.4) is 0 Å². The predicted octanol–water partition coefficient (Wildman–Crippen LogP) is 3.88. The maximum absolute atomic E-state index is 12.4. The first-order chi connectivity index (χ1) is 11.0. The number of thioether (sulfide) groups is 1. The van der Waals surface area contributed by atoms with E-state index in [9.17, 15) is 9.59 Å². The van der Waals surface area contributed by atoms with E-state index in [0.29, 0.717) is 20.9 Å². The molecule has 1 aromatic carbocycles. The standard InChI is InChI=1S/C16H16ClNO3S2/c1-2-8-21-14(19)6-7-18-15(20)13(23-16(18)22)10-11-4-3-5-12(17)9-11/h3-5,9-10H,2,6-8H2,1H3/b13-10-. The van der Waals surface area contributed by atoms with Gasteiger partial charge in [0.1, 0.15) is 4.32 Å². The van der Waals surface area contributed by atoms with E-state index in [0.717, 1.165) is 12.0 Å². The Kier molecular flexibility index (Phi) is 6.62. The molecule has 2 rings (SSSR count). The van der Waals surface area contributed by atoms with Crippen LogP contribution < -0.4 is 0 Å². The first-order valence-corrected chi connectivity index (χ1v) is 8.78. The minimum Gasteiger partial charge on any atom is -0.466 e. The molecule has 4 nitrogen and oxygen atoms in total.